The quantitative estimate of drug-likeness (QED) is 0.862. The van der Waals surface area contributed by atoms with Crippen LogP contribution in [0.3, 0.4) is 0 Å². The van der Waals surface area contributed by atoms with Crippen LogP contribution in [0.4, 0.5) is 0 Å². The average molecular weight is 282 g/mol. The van der Waals surface area contributed by atoms with Crippen LogP contribution < -0.4 is 5.32 Å². The van der Waals surface area contributed by atoms with E-state index in [1.165, 1.54) is 0 Å². The van der Waals surface area contributed by atoms with E-state index in [4.69, 9.17) is 0 Å². The summed E-state index contributed by atoms with van der Waals surface area (Å²) in [6.07, 6.45) is 2.63. The maximum absolute atomic E-state index is 13.0. The summed E-state index contributed by atoms with van der Waals surface area (Å²) in [6, 6.07) is -0.823. The molecule has 1 aliphatic heterocycles. The van der Waals surface area contributed by atoms with Gasteiger partial charge in [0, 0.05) is 5.54 Å². The molecule has 0 saturated carbocycles. The summed E-state index contributed by atoms with van der Waals surface area (Å²) in [5.74, 6) is 0.0272. The van der Waals surface area contributed by atoms with E-state index in [-0.39, 0.29) is 28.8 Å². The van der Waals surface area contributed by atoms with Gasteiger partial charge < -0.3 is 10.2 Å². The van der Waals surface area contributed by atoms with E-state index in [0.717, 1.165) is 19.3 Å². The van der Waals surface area contributed by atoms with Gasteiger partial charge in [-0.2, -0.15) is 0 Å². The molecule has 0 aromatic rings. The van der Waals surface area contributed by atoms with E-state index >= 15 is 0 Å². The fourth-order valence-corrected chi connectivity index (χ4v) is 3.26. The fraction of sp³-hybridized carbons (Fsp3) is 0.875. The number of piperazine rings is 1. The molecule has 0 spiro atoms. The second-order valence-corrected chi connectivity index (χ2v) is 6.98. The number of carbonyl (C=O) groups excluding carboxylic acids is 2. The molecular weight excluding hydrogens is 252 g/mol. The van der Waals surface area contributed by atoms with Crippen LogP contribution in [0.2, 0.25) is 0 Å². The Morgan fingerprint density at radius 2 is 1.50 bits per heavy atom. The van der Waals surface area contributed by atoms with Crippen molar-refractivity contribution in [3.05, 3.63) is 0 Å². The van der Waals surface area contributed by atoms with Gasteiger partial charge in [-0.1, -0.05) is 41.5 Å². The predicted octanol–water partition coefficient (Wildman–Crippen LogP) is 2.72. The van der Waals surface area contributed by atoms with Crippen LogP contribution in [-0.4, -0.2) is 34.3 Å². The number of nitrogens with zero attached hydrogens (tertiary/aromatic N) is 1. The SMILES string of the molecule is CCC(CC)(CC)N1C(=O)C(C(C)(C)C)NC(=O)C1C. The first-order chi connectivity index (χ1) is 9.14. The van der Waals surface area contributed by atoms with E-state index in [1.54, 1.807) is 0 Å². The highest BCUT2D eigenvalue weighted by atomic mass is 16.2. The molecule has 0 radical (unpaired) electrons. The Bertz CT molecular complexity index is 372. The molecule has 0 aromatic heterocycles. The molecule has 1 heterocycles. The lowest BCUT2D eigenvalue weighted by Crippen LogP contribution is -2.70. The number of rotatable bonds is 4. The van der Waals surface area contributed by atoms with Crippen LogP contribution in [-0.2, 0) is 9.59 Å². The highest BCUT2D eigenvalue weighted by Crippen LogP contribution is 2.35. The summed E-state index contributed by atoms with van der Waals surface area (Å²) < 4.78 is 0. The Balaban J connectivity index is 3.27. The number of hydrogen-bond donors (Lipinski definition) is 1. The molecule has 2 unspecified atom stereocenters. The number of carbonyl (C=O) groups is 2. The molecule has 2 atom stereocenters. The highest BCUT2D eigenvalue weighted by Gasteiger charge is 2.49. The molecule has 1 N–H and O–H groups in total. The standard InChI is InChI=1S/C16H30N2O2/c1-8-16(9-2,10-3)18-11(4)13(19)17-12(14(18)20)15(5,6)7/h11-12H,8-10H2,1-7H3,(H,17,19). The second kappa shape index (κ2) is 5.74. The van der Waals surface area contributed by atoms with E-state index in [0.29, 0.717) is 0 Å². The van der Waals surface area contributed by atoms with Gasteiger partial charge in [-0.15, -0.1) is 0 Å². The summed E-state index contributed by atoms with van der Waals surface area (Å²) >= 11 is 0. The lowest BCUT2D eigenvalue weighted by Gasteiger charge is -2.51. The topological polar surface area (TPSA) is 49.4 Å². The first-order valence-electron chi connectivity index (χ1n) is 7.78. The lowest BCUT2D eigenvalue weighted by molar-refractivity contribution is -0.160. The molecule has 20 heavy (non-hydrogen) atoms. The summed E-state index contributed by atoms with van der Waals surface area (Å²) in [6.45, 7) is 14.1. The van der Waals surface area contributed by atoms with Crippen molar-refractivity contribution >= 4 is 11.8 Å². The van der Waals surface area contributed by atoms with Gasteiger partial charge in [0.2, 0.25) is 11.8 Å². The van der Waals surface area contributed by atoms with Crippen LogP contribution in [0, 0.1) is 5.41 Å². The molecular formula is C16H30N2O2. The minimum absolute atomic E-state index is 0.0377. The van der Waals surface area contributed by atoms with Gasteiger partial charge in [0.25, 0.3) is 0 Å². The van der Waals surface area contributed by atoms with Gasteiger partial charge in [-0.3, -0.25) is 9.59 Å². The van der Waals surface area contributed by atoms with Gasteiger partial charge in [0.1, 0.15) is 12.1 Å². The van der Waals surface area contributed by atoms with E-state index in [9.17, 15) is 9.59 Å². The maximum Gasteiger partial charge on any atom is 0.246 e. The van der Waals surface area contributed by atoms with Crippen LogP contribution in [0.25, 0.3) is 0 Å². The number of hydrogen-bond acceptors (Lipinski definition) is 2. The van der Waals surface area contributed by atoms with Crippen molar-refractivity contribution in [2.24, 2.45) is 5.41 Å². The Kier molecular flexibility index (Phi) is 4.88. The summed E-state index contributed by atoms with van der Waals surface area (Å²) in [5.41, 5.74) is -0.482. The first kappa shape index (κ1) is 17.0. The normalized spacial score (nSPS) is 24.9. The summed E-state index contributed by atoms with van der Waals surface area (Å²) in [4.78, 5) is 27.1. The van der Waals surface area contributed by atoms with Crippen molar-refractivity contribution in [2.75, 3.05) is 0 Å². The first-order valence-corrected chi connectivity index (χ1v) is 7.78. The smallest absolute Gasteiger partial charge is 0.246 e. The lowest BCUT2D eigenvalue weighted by atomic mass is 9.79. The van der Waals surface area contributed by atoms with Crippen LogP contribution in [0.1, 0.15) is 67.7 Å². The van der Waals surface area contributed by atoms with Crippen molar-refractivity contribution < 1.29 is 9.59 Å². The van der Waals surface area contributed by atoms with E-state index in [1.807, 2.05) is 32.6 Å². The Hall–Kier alpha value is -1.06. The van der Waals surface area contributed by atoms with Gasteiger partial charge in [0.15, 0.2) is 0 Å². The molecule has 116 valence electrons. The van der Waals surface area contributed by atoms with Crippen molar-refractivity contribution in [1.29, 1.82) is 0 Å². The third kappa shape index (κ3) is 2.70. The van der Waals surface area contributed by atoms with E-state index < -0.39 is 6.04 Å². The molecule has 2 amide bonds. The second-order valence-electron chi connectivity index (χ2n) is 6.98. The number of amides is 2. The fourth-order valence-electron chi connectivity index (χ4n) is 3.26. The van der Waals surface area contributed by atoms with Gasteiger partial charge in [-0.25, -0.2) is 0 Å². The molecule has 4 nitrogen and oxygen atoms in total. The molecule has 1 aliphatic rings. The Labute approximate surface area is 123 Å². The largest absolute Gasteiger partial charge is 0.342 e. The Morgan fingerprint density at radius 3 is 1.85 bits per heavy atom. The maximum atomic E-state index is 13.0. The van der Waals surface area contributed by atoms with Crippen molar-refractivity contribution in [1.82, 2.24) is 10.2 Å². The molecule has 1 rings (SSSR count). The van der Waals surface area contributed by atoms with E-state index in [2.05, 4.69) is 26.1 Å². The van der Waals surface area contributed by atoms with Crippen molar-refractivity contribution in [3.63, 3.8) is 0 Å². The predicted molar refractivity (Wildman–Crippen MR) is 81.3 cm³/mol. The van der Waals surface area contributed by atoms with Crippen LogP contribution in [0.15, 0.2) is 0 Å². The number of nitrogens with one attached hydrogen (secondary N) is 1. The Morgan fingerprint density at radius 1 is 1.05 bits per heavy atom. The molecule has 4 heteroatoms. The van der Waals surface area contributed by atoms with Gasteiger partial charge >= 0.3 is 0 Å². The summed E-state index contributed by atoms with van der Waals surface area (Å²) in [5, 5.41) is 2.90. The molecule has 1 saturated heterocycles. The minimum Gasteiger partial charge on any atom is -0.342 e. The third-order valence-corrected chi connectivity index (χ3v) is 4.89. The minimum atomic E-state index is -0.435. The third-order valence-electron chi connectivity index (χ3n) is 4.89. The van der Waals surface area contributed by atoms with Crippen LogP contribution in [0.5, 0.6) is 0 Å². The molecule has 0 bridgehead atoms. The molecule has 1 fully saturated rings. The zero-order valence-electron chi connectivity index (χ0n) is 14.0. The van der Waals surface area contributed by atoms with Crippen LogP contribution >= 0.6 is 0 Å². The zero-order chi connectivity index (χ0) is 15.7. The summed E-state index contributed by atoms with van der Waals surface area (Å²) in [7, 11) is 0. The highest BCUT2D eigenvalue weighted by molar-refractivity contribution is 5.97. The average Bonchev–Trinajstić information content (AvgIpc) is 2.38. The molecule has 0 aromatic carbocycles. The zero-order valence-corrected chi connectivity index (χ0v) is 14.0. The molecule has 0 aliphatic carbocycles. The van der Waals surface area contributed by atoms with Gasteiger partial charge in [-0.05, 0) is 31.6 Å². The van der Waals surface area contributed by atoms with Crippen molar-refractivity contribution in [2.45, 2.75) is 85.4 Å². The van der Waals surface area contributed by atoms with Gasteiger partial charge in [0.05, 0.1) is 0 Å². The monoisotopic (exact) mass is 282 g/mol. The van der Waals surface area contributed by atoms with Crippen molar-refractivity contribution in [3.8, 4) is 0 Å².